The third-order valence-electron chi connectivity index (χ3n) is 2.21. The molecule has 0 bridgehead atoms. The van der Waals surface area contributed by atoms with Crippen LogP contribution in [0.1, 0.15) is 13.8 Å². The van der Waals surface area contributed by atoms with Crippen molar-refractivity contribution in [2.75, 3.05) is 0 Å². The summed E-state index contributed by atoms with van der Waals surface area (Å²) in [6.45, 7) is 3.78. The Morgan fingerprint density at radius 2 is 1.83 bits per heavy atom. The number of benzene rings is 1. The minimum atomic E-state index is -0.850. The number of hydrogen-bond donors (Lipinski definition) is 3. The van der Waals surface area contributed by atoms with E-state index in [-0.39, 0.29) is 11.7 Å². The number of phenolic OH excluding ortho intramolecular Hbond substituents is 1. The molecule has 5 nitrogen and oxygen atoms in total. The van der Waals surface area contributed by atoms with Gasteiger partial charge in [0, 0.05) is 4.90 Å². The molecule has 1 aromatic rings. The van der Waals surface area contributed by atoms with Gasteiger partial charge in [-0.05, 0) is 30.2 Å². The van der Waals surface area contributed by atoms with E-state index >= 15 is 0 Å². The SMILES string of the molecule is CC(C)C(Sc1ccc(O)cc1)C(=O)NC(N)=O. The molecule has 1 aromatic carbocycles. The molecule has 0 heterocycles. The Labute approximate surface area is 110 Å². The molecule has 0 fully saturated rings. The van der Waals surface area contributed by atoms with Crippen molar-refractivity contribution in [3.63, 3.8) is 0 Å². The van der Waals surface area contributed by atoms with Gasteiger partial charge >= 0.3 is 6.03 Å². The lowest BCUT2D eigenvalue weighted by atomic mass is 10.1. The predicted octanol–water partition coefficient (Wildman–Crippen LogP) is 1.70. The molecule has 0 spiro atoms. The van der Waals surface area contributed by atoms with Crippen molar-refractivity contribution >= 4 is 23.7 Å². The first-order chi connectivity index (χ1) is 8.40. The fourth-order valence-corrected chi connectivity index (χ4v) is 2.38. The van der Waals surface area contributed by atoms with Gasteiger partial charge in [-0.2, -0.15) is 0 Å². The number of rotatable bonds is 4. The van der Waals surface area contributed by atoms with Gasteiger partial charge in [0.25, 0.3) is 0 Å². The maximum atomic E-state index is 11.8. The van der Waals surface area contributed by atoms with Crippen LogP contribution in [0.4, 0.5) is 4.79 Å². The lowest BCUT2D eigenvalue weighted by Gasteiger charge is -2.18. The van der Waals surface area contributed by atoms with Crippen LogP contribution in [0, 0.1) is 5.92 Å². The average molecular weight is 268 g/mol. The number of hydrogen-bond acceptors (Lipinski definition) is 4. The molecule has 0 aliphatic carbocycles. The first-order valence-corrected chi connectivity index (χ1v) is 6.34. The van der Waals surface area contributed by atoms with Crippen molar-refractivity contribution in [2.24, 2.45) is 11.7 Å². The zero-order chi connectivity index (χ0) is 13.7. The number of urea groups is 1. The third kappa shape index (κ3) is 4.29. The van der Waals surface area contributed by atoms with Gasteiger partial charge in [-0.3, -0.25) is 10.1 Å². The van der Waals surface area contributed by atoms with E-state index in [2.05, 4.69) is 5.32 Å². The van der Waals surface area contributed by atoms with E-state index in [9.17, 15) is 14.7 Å². The molecule has 98 valence electrons. The van der Waals surface area contributed by atoms with Gasteiger partial charge < -0.3 is 10.8 Å². The van der Waals surface area contributed by atoms with Crippen LogP contribution in [0.5, 0.6) is 5.75 Å². The summed E-state index contributed by atoms with van der Waals surface area (Å²) < 4.78 is 0. The van der Waals surface area contributed by atoms with Gasteiger partial charge in [0.05, 0.1) is 5.25 Å². The number of carbonyl (C=O) groups is 2. The van der Waals surface area contributed by atoms with Crippen LogP contribution >= 0.6 is 11.8 Å². The minimum absolute atomic E-state index is 0.0446. The van der Waals surface area contributed by atoms with E-state index in [1.807, 2.05) is 13.8 Å². The molecular weight excluding hydrogens is 252 g/mol. The molecule has 0 saturated heterocycles. The summed E-state index contributed by atoms with van der Waals surface area (Å²) >= 11 is 1.32. The molecule has 0 aliphatic rings. The Bertz CT molecular complexity index is 431. The van der Waals surface area contributed by atoms with E-state index in [0.29, 0.717) is 0 Å². The number of imide groups is 1. The summed E-state index contributed by atoms with van der Waals surface area (Å²) in [6.07, 6.45) is 0. The molecule has 6 heteroatoms. The summed E-state index contributed by atoms with van der Waals surface area (Å²) in [5.41, 5.74) is 4.93. The van der Waals surface area contributed by atoms with Crippen LogP contribution in [-0.4, -0.2) is 22.3 Å². The Balaban J connectivity index is 2.77. The molecular formula is C12H16N2O3S. The Kier molecular flexibility index (Phi) is 5.03. The van der Waals surface area contributed by atoms with E-state index in [0.717, 1.165) is 4.90 Å². The number of nitrogens with two attached hydrogens (primary N) is 1. The zero-order valence-electron chi connectivity index (χ0n) is 10.2. The fraction of sp³-hybridized carbons (Fsp3) is 0.333. The van der Waals surface area contributed by atoms with E-state index in [1.54, 1.807) is 24.3 Å². The topological polar surface area (TPSA) is 92.4 Å². The van der Waals surface area contributed by atoms with E-state index in [1.165, 1.54) is 11.8 Å². The number of nitrogens with one attached hydrogen (secondary N) is 1. The van der Waals surface area contributed by atoms with Gasteiger partial charge in [0.1, 0.15) is 5.75 Å². The molecule has 4 N–H and O–H groups in total. The smallest absolute Gasteiger partial charge is 0.318 e. The highest BCUT2D eigenvalue weighted by molar-refractivity contribution is 8.00. The van der Waals surface area contributed by atoms with Crippen LogP contribution in [0.15, 0.2) is 29.2 Å². The van der Waals surface area contributed by atoms with E-state index in [4.69, 9.17) is 5.73 Å². The van der Waals surface area contributed by atoms with Crippen LogP contribution in [-0.2, 0) is 4.79 Å². The monoisotopic (exact) mass is 268 g/mol. The first kappa shape index (κ1) is 14.4. The molecule has 18 heavy (non-hydrogen) atoms. The van der Waals surface area contributed by atoms with Crippen LogP contribution in [0.3, 0.4) is 0 Å². The number of thioether (sulfide) groups is 1. The summed E-state index contributed by atoms with van der Waals surface area (Å²) in [6, 6.07) is 5.68. The molecule has 1 unspecified atom stereocenters. The second kappa shape index (κ2) is 6.30. The van der Waals surface area contributed by atoms with Crippen molar-refractivity contribution in [3.8, 4) is 5.75 Å². The number of aromatic hydroxyl groups is 1. The zero-order valence-corrected chi connectivity index (χ0v) is 11.0. The number of carbonyl (C=O) groups excluding carboxylic acids is 2. The maximum Gasteiger partial charge on any atom is 0.318 e. The van der Waals surface area contributed by atoms with Crippen LogP contribution in [0.2, 0.25) is 0 Å². The quantitative estimate of drug-likeness (QED) is 0.725. The summed E-state index contributed by atoms with van der Waals surface area (Å²) in [4.78, 5) is 23.3. The lowest BCUT2D eigenvalue weighted by molar-refractivity contribution is -0.120. The van der Waals surface area contributed by atoms with Crippen LogP contribution in [0.25, 0.3) is 0 Å². The van der Waals surface area contributed by atoms with Crippen LogP contribution < -0.4 is 11.1 Å². The lowest BCUT2D eigenvalue weighted by Crippen LogP contribution is -2.42. The highest BCUT2D eigenvalue weighted by Crippen LogP contribution is 2.29. The standard InChI is InChI=1S/C12H16N2O3S/c1-7(2)10(11(16)14-12(13)17)18-9-5-3-8(15)4-6-9/h3-7,10,15H,1-2H3,(H3,13,14,16,17). The fourth-order valence-electron chi connectivity index (χ4n) is 1.36. The second-order valence-electron chi connectivity index (χ2n) is 4.13. The van der Waals surface area contributed by atoms with Crippen molar-refractivity contribution in [1.29, 1.82) is 0 Å². The Hall–Kier alpha value is -1.69. The van der Waals surface area contributed by atoms with Gasteiger partial charge in [0.15, 0.2) is 0 Å². The Morgan fingerprint density at radius 1 is 1.28 bits per heavy atom. The first-order valence-electron chi connectivity index (χ1n) is 5.46. The van der Waals surface area contributed by atoms with Crippen molar-refractivity contribution in [1.82, 2.24) is 5.32 Å². The second-order valence-corrected chi connectivity index (χ2v) is 5.34. The Morgan fingerprint density at radius 3 is 2.28 bits per heavy atom. The molecule has 1 atom stereocenters. The molecule has 0 radical (unpaired) electrons. The number of amides is 3. The van der Waals surface area contributed by atoms with E-state index < -0.39 is 17.2 Å². The van der Waals surface area contributed by atoms with Crippen molar-refractivity contribution in [3.05, 3.63) is 24.3 Å². The molecule has 1 rings (SSSR count). The molecule has 3 amide bonds. The minimum Gasteiger partial charge on any atom is -0.508 e. The molecule has 0 aliphatic heterocycles. The maximum absolute atomic E-state index is 11.8. The largest absolute Gasteiger partial charge is 0.508 e. The summed E-state index contributed by atoms with van der Waals surface area (Å²) in [5, 5.41) is 10.8. The van der Waals surface area contributed by atoms with Gasteiger partial charge in [-0.25, -0.2) is 4.79 Å². The predicted molar refractivity (Wildman–Crippen MR) is 70.3 cm³/mol. The number of primary amides is 1. The van der Waals surface area contributed by atoms with Gasteiger partial charge in [0.2, 0.25) is 5.91 Å². The highest BCUT2D eigenvalue weighted by atomic mass is 32.2. The van der Waals surface area contributed by atoms with Gasteiger partial charge in [-0.1, -0.05) is 13.8 Å². The molecule has 0 saturated carbocycles. The van der Waals surface area contributed by atoms with Crippen molar-refractivity contribution in [2.45, 2.75) is 24.0 Å². The highest BCUT2D eigenvalue weighted by Gasteiger charge is 2.24. The number of phenols is 1. The summed E-state index contributed by atoms with van der Waals surface area (Å²) in [5.74, 6) is -0.194. The van der Waals surface area contributed by atoms with Gasteiger partial charge in [-0.15, -0.1) is 11.8 Å². The normalized spacial score (nSPS) is 12.2. The van der Waals surface area contributed by atoms with Crippen molar-refractivity contribution < 1.29 is 14.7 Å². The molecule has 0 aromatic heterocycles. The summed E-state index contributed by atoms with van der Waals surface area (Å²) in [7, 11) is 0. The average Bonchev–Trinajstić information content (AvgIpc) is 2.26. The third-order valence-corrected chi connectivity index (χ3v) is 3.77.